The molecule has 0 aliphatic carbocycles. The zero-order valence-electron chi connectivity index (χ0n) is 5.59. The maximum Gasteiger partial charge on any atom is 0.306 e. The van der Waals surface area contributed by atoms with Gasteiger partial charge in [-0.25, -0.2) is 0 Å². The first-order chi connectivity index (χ1) is 4.20. The SMILES string of the molecule is COC(=O)C[C@H](C)C=O. The highest BCUT2D eigenvalue weighted by Gasteiger charge is 2.06. The number of carbonyl (C=O) groups excluding carboxylic acids is 2. The van der Waals surface area contributed by atoms with Gasteiger partial charge in [0, 0.05) is 5.92 Å². The molecule has 0 aliphatic rings. The average molecular weight is 130 g/mol. The topological polar surface area (TPSA) is 43.4 Å². The van der Waals surface area contributed by atoms with Gasteiger partial charge in [-0.15, -0.1) is 0 Å². The summed E-state index contributed by atoms with van der Waals surface area (Å²) in [4.78, 5) is 20.3. The number of ether oxygens (including phenoxy) is 1. The van der Waals surface area contributed by atoms with E-state index in [1.54, 1.807) is 6.92 Å². The number of methoxy groups -OCH3 is 1. The van der Waals surface area contributed by atoms with Gasteiger partial charge in [-0.3, -0.25) is 4.79 Å². The first-order valence-electron chi connectivity index (χ1n) is 2.72. The second-order valence-corrected chi connectivity index (χ2v) is 1.89. The first-order valence-corrected chi connectivity index (χ1v) is 2.72. The molecule has 0 heterocycles. The Hall–Kier alpha value is -0.860. The Balaban J connectivity index is 3.46. The van der Waals surface area contributed by atoms with Crippen LogP contribution in [-0.4, -0.2) is 19.4 Å². The molecule has 1 atom stereocenters. The molecule has 0 fully saturated rings. The molecule has 3 nitrogen and oxygen atoms in total. The van der Waals surface area contributed by atoms with Crippen molar-refractivity contribution in [3.8, 4) is 0 Å². The van der Waals surface area contributed by atoms with Crippen molar-refractivity contribution in [3.63, 3.8) is 0 Å². The number of rotatable bonds is 3. The van der Waals surface area contributed by atoms with E-state index in [2.05, 4.69) is 4.74 Å². The van der Waals surface area contributed by atoms with Gasteiger partial charge < -0.3 is 9.53 Å². The summed E-state index contributed by atoms with van der Waals surface area (Å²) in [6.45, 7) is 1.67. The number of carbonyl (C=O) groups is 2. The second-order valence-electron chi connectivity index (χ2n) is 1.89. The highest BCUT2D eigenvalue weighted by molar-refractivity contribution is 5.73. The molecule has 0 saturated heterocycles. The highest BCUT2D eigenvalue weighted by Crippen LogP contribution is 1.97. The van der Waals surface area contributed by atoms with Crippen LogP contribution in [0, 0.1) is 5.92 Å². The van der Waals surface area contributed by atoms with Crippen molar-refractivity contribution < 1.29 is 14.3 Å². The Bertz CT molecular complexity index is 109. The van der Waals surface area contributed by atoms with Crippen molar-refractivity contribution in [1.29, 1.82) is 0 Å². The molecule has 3 heteroatoms. The summed E-state index contributed by atoms with van der Waals surface area (Å²) >= 11 is 0. The van der Waals surface area contributed by atoms with Crippen molar-refractivity contribution in [1.82, 2.24) is 0 Å². The third-order valence-corrected chi connectivity index (χ3v) is 0.949. The van der Waals surface area contributed by atoms with E-state index >= 15 is 0 Å². The van der Waals surface area contributed by atoms with Gasteiger partial charge in [0.1, 0.15) is 6.29 Å². The van der Waals surface area contributed by atoms with E-state index in [1.807, 2.05) is 0 Å². The summed E-state index contributed by atoms with van der Waals surface area (Å²) in [7, 11) is 1.31. The summed E-state index contributed by atoms with van der Waals surface area (Å²) in [5.41, 5.74) is 0. The Morgan fingerprint density at radius 3 is 2.67 bits per heavy atom. The minimum Gasteiger partial charge on any atom is -0.469 e. The van der Waals surface area contributed by atoms with Gasteiger partial charge in [-0.2, -0.15) is 0 Å². The zero-order chi connectivity index (χ0) is 7.28. The van der Waals surface area contributed by atoms with E-state index in [0.29, 0.717) is 0 Å². The fourth-order valence-electron chi connectivity index (χ4n) is 0.394. The highest BCUT2D eigenvalue weighted by atomic mass is 16.5. The fraction of sp³-hybridized carbons (Fsp3) is 0.667. The van der Waals surface area contributed by atoms with E-state index in [1.165, 1.54) is 7.11 Å². The van der Waals surface area contributed by atoms with Crippen molar-refractivity contribution in [2.45, 2.75) is 13.3 Å². The van der Waals surface area contributed by atoms with E-state index in [-0.39, 0.29) is 18.3 Å². The molecule has 52 valence electrons. The molecule has 9 heavy (non-hydrogen) atoms. The molecule has 0 amide bonds. The van der Waals surface area contributed by atoms with Crippen LogP contribution in [0.5, 0.6) is 0 Å². The second kappa shape index (κ2) is 4.06. The zero-order valence-corrected chi connectivity index (χ0v) is 5.59. The van der Waals surface area contributed by atoms with Gasteiger partial charge >= 0.3 is 5.97 Å². The van der Waals surface area contributed by atoms with Crippen molar-refractivity contribution >= 4 is 12.3 Å². The summed E-state index contributed by atoms with van der Waals surface area (Å²) in [5, 5.41) is 0. The van der Waals surface area contributed by atoms with Crippen molar-refractivity contribution in [3.05, 3.63) is 0 Å². The minimum atomic E-state index is -0.338. The van der Waals surface area contributed by atoms with Gasteiger partial charge in [0.15, 0.2) is 0 Å². The molecule has 0 aliphatic heterocycles. The van der Waals surface area contributed by atoms with E-state index in [4.69, 9.17) is 0 Å². The maximum atomic E-state index is 10.4. The lowest BCUT2D eigenvalue weighted by Crippen LogP contribution is -2.07. The van der Waals surface area contributed by atoms with Crippen LogP contribution in [-0.2, 0) is 14.3 Å². The normalized spacial score (nSPS) is 12.2. The van der Waals surface area contributed by atoms with Crippen LogP contribution in [0.1, 0.15) is 13.3 Å². The Kier molecular flexibility index (Phi) is 3.67. The molecule has 0 bridgehead atoms. The summed E-state index contributed by atoms with van der Waals surface area (Å²) in [5.74, 6) is -0.563. The summed E-state index contributed by atoms with van der Waals surface area (Å²) in [6, 6.07) is 0. The van der Waals surface area contributed by atoms with Crippen LogP contribution in [0.25, 0.3) is 0 Å². The monoisotopic (exact) mass is 130 g/mol. The van der Waals surface area contributed by atoms with Crippen LogP contribution < -0.4 is 0 Å². The predicted octanol–water partition coefficient (Wildman–Crippen LogP) is 0.384. The average Bonchev–Trinajstić information content (AvgIpc) is 1.87. The largest absolute Gasteiger partial charge is 0.469 e. The molecule has 0 aromatic rings. The lowest BCUT2D eigenvalue weighted by molar-refractivity contribution is -0.142. The van der Waals surface area contributed by atoms with Gasteiger partial charge in [0.25, 0.3) is 0 Å². The van der Waals surface area contributed by atoms with E-state index in [0.717, 1.165) is 6.29 Å². The summed E-state index contributed by atoms with van der Waals surface area (Å²) in [6.07, 6.45) is 0.914. The Labute approximate surface area is 54.0 Å². The molecule has 0 unspecified atom stereocenters. The molecule has 0 radical (unpaired) electrons. The minimum absolute atomic E-state index is 0.181. The molecular formula is C6H10O3. The van der Waals surface area contributed by atoms with Gasteiger partial charge in [0.05, 0.1) is 13.5 Å². The number of esters is 1. The number of hydrogen-bond acceptors (Lipinski definition) is 3. The van der Waals surface area contributed by atoms with E-state index < -0.39 is 0 Å². The maximum absolute atomic E-state index is 10.4. The molecule has 0 aromatic heterocycles. The van der Waals surface area contributed by atoms with Gasteiger partial charge in [-0.1, -0.05) is 6.92 Å². The molecule has 0 aromatic carbocycles. The summed E-state index contributed by atoms with van der Waals surface area (Å²) < 4.78 is 4.32. The smallest absolute Gasteiger partial charge is 0.306 e. The van der Waals surface area contributed by atoms with Crippen LogP contribution in [0.3, 0.4) is 0 Å². The first kappa shape index (κ1) is 8.14. The van der Waals surface area contributed by atoms with Crippen LogP contribution in [0.2, 0.25) is 0 Å². The van der Waals surface area contributed by atoms with Crippen molar-refractivity contribution in [2.24, 2.45) is 5.92 Å². The van der Waals surface area contributed by atoms with Crippen LogP contribution in [0.15, 0.2) is 0 Å². The standard InChI is InChI=1S/C6H10O3/c1-5(4-7)3-6(8)9-2/h4-5H,3H2,1-2H3/t5-/m0/s1. The predicted molar refractivity (Wildman–Crippen MR) is 31.9 cm³/mol. The number of hydrogen-bond donors (Lipinski definition) is 0. The van der Waals surface area contributed by atoms with Gasteiger partial charge in [-0.05, 0) is 0 Å². The quantitative estimate of drug-likeness (QED) is 0.410. The molecule has 0 saturated carbocycles. The molecule has 0 N–H and O–H groups in total. The lowest BCUT2D eigenvalue weighted by atomic mass is 10.1. The van der Waals surface area contributed by atoms with Crippen LogP contribution in [0.4, 0.5) is 0 Å². The molecule has 0 spiro atoms. The van der Waals surface area contributed by atoms with Gasteiger partial charge in [0.2, 0.25) is 0 Å². The van der Waals surface area contributed by atoms with Crippen molar-refractivity contribution in [2.75, 3.05) is 7.11 Å². The Morgan fingerprint density at radius 1 is 1.78 bits per heavy atom. The fourth-order valence-corrected chi connectivity index (χ4v) is 0.394. The third kappa shape index (κ3) is 3.70. The van der Waals surface area contributed by atoms with E-state index in [9.17, 15) is 9.59 Å². The third-order valence-electron chi connectivity index (χ3n) is 0.949. The Morgan fingerprint density at radius 2 is 2.33 bits per heavy atom. The van der Waals surface area contributed by atoms with Crippen LogP contribution >= 0.6 is 0 Å². The molecule has 0 rings (SSSR count). The number of aldehydes is 1. The lowest BCUT2D eigenvalue weighted by Gasteiger charge is -1.98. The molecular weight excluding hydrogens is 120 g/mol.